The van der Waals surface area contributed by atoms with E-state index in [0.29, 0.717) is 25.4 Å². The van der Waals surface area contributed by atoms with Gasteiger partial charge in [-0.15, -0.1) is 0 Å². The van der Waals surface area contributed by atoms with E-state index in [4.69, 9.17) is 18.9 Å². The van der Waals surface area contributed by atoms with Crippen LogP contribution in [0.3, 0.4) is 0 Å². The number of anilines is 1. The number of ether oxygens (including phenoxy) is 4. The summed E-state index contributed by atoms with van der Waals surface area (Å²) in [6.07, 6.45) is 0.378. The van der Waals surface area contributed by atoms with E-state index in [0.717, 1.165) is 39.3 Å². The third kappa shape index (κ3) is 4.90. The standard InChI is InChI=1S/C35H33NO6/c1-36-30-14-8-12-26(22-40-21-24-9-4-3-5-10-24)31(30)35(34(36)38)19-20-41-33(37)32(35)29-13-7-6-11-25(29)23-42-28-17-15-27(39-2)16-18-28/h3-18,32H,19-23H2,1-2H3/t32-,35-/m1/s1. The molecule has 214 valence electrons. The molecule has 1 amide bonds. The molecule has 0 unspecified atom stereocenters. The Labute approximate surface area is 245 Å². The van der Waals surface area contributed by atoms with Crippen molar-refractivity contribution in [3.8, 4) is 11.5 Å². The van der Waals surface area contributed by atoms with Crippen molar-refractivity contribution in [3.05, 3.63) is 125 Å². The quantitative estimate of drug-likeness (QED) is 0.235. The highest BCUT2D eigenvalue weighted by molar-refractivity contribution is 6.12. The van der Waals surface area contributed by atoms with Crippen molar-refractivity contribution in [1.29, 1.82) is 0 Å². The summed E-state index contributed by atoms with van der Waals surface area (Å²) in [4.78, 5) is 29.7. The van der Waals surface area contributed by atoms with Crippen molar-refractivity contribution in [2.45, 2.75) is 37.6 Å². The van der Waals surface area contributed by atoms with Crippen LogP contribution >= 0.6 is 0 Å². The Hall–Kier alpha value is -4.62. The van der Waals surface area contributed by atoms with Crippen molar-refractivity contribution in [2.75, 3.05) is 25.7 Å². The first kappa shape index (κ1) is 27.5. The second-order valence-electron chi connectivity index (χ2n) is 10.6. The maximum absolute atomic E-state index is 14.3. The molecule has 2 heterocycles. The largest absolute Gasteiger partial charge is 0.497 e. The van der Waals surface area contributed by atoms with Crippen molar-refractivity contribution >= 4 is 17.6 Å². The summed E-state index contributed by atoms with van der Waals surface area (Å²) in [6, 6.07) is 30.8. The number of carbonyl (C=O) groups is 2. The Morgan fingerprint density at radius 2 is 1.52 bits per heavy atom. The first-order valence-electron chi connectivity index (χ1n) is 14.1. The summed E-state index contributed by atoms with van der Waals surface area (Å²) in [5.41, 5.74) is 4.03. The number of rotatable bonds is 9. The zero-order chi connectivity index (χ0) is 29.1. The molecule has 0 saturated carbocycles. The van der Waals surface area contributed by atoms with E-state index < -0.39 is 17.3 Å². The molecule has 42 heavy (non-hydrogen) atoms. The molecule has 7 heteroatoms. The van der Waals surface area contributed by atoms with Crippen LogP contribution in [0.2, 0.25) is 0 Å². The lowest BCUT2D eigenvalue weighted by molar-refractivity contribution is -0.156. The van der Waals surface area contributed by atoms with Gasteiger partial charge in [0.05, 0.1) is 32.3 Å². The van der Waals surface area contributed by atoms with Gasteiger partial charge in [0.25, 0.3) is 0 Å². The van der Waals surface area contributed by atoms with Crippen LogP contribution in [0.15, 0.2) is 97.1 Å². The van der Waals surface area contributed by atoms with E-state index in [2.05, 4.69) is 0 Å². The van der Waals surface area contributed by atoms with E-state index in [9.17, 15) is 9.59 Å². The van der Waals surface area contributed by atoms with E-state index in [1.807, 2.05) is 97.1 Å². The van der Waals surface area contributed by atoms with Gasteiger partial charge in [0.15, 0.2) is 0 Å². The number of esters is 1. The van der Waals surface area contributed by atoms with Gasteiger partial charge in [-0.05, 0) is 58.1 Å². The molecule has 6 rings (SSSR count). The van der Waals surface area contributed by atoms with Crippen molar-refractivity contribution in [1.82, 2.24) is 0 Å². The number of benzene rings is 4. The highest BCUT2D eigenvalue weighted by Crippen LogP contribution is 2.55. The van der Waals surface area contributed by atoms with E-state index in [1.54, 1.807) is 19.1 Å². The minimum atomic E-state index is -1.12. The van der Waals surface area contributed by atoms with E-state index >= 15 is 0 Å². The molecule has 0 bridgehead atoms. The second-order valence-corrected chi connectivity index (χ2v) is 10.6. The molecular formula is C35H33NO6. The van der Waals surface area contributed by atoms with Gasteiger partial charge in [0.2, 0.25) is 5.91 Å². The average molecular weight is 564 g/mol. The number of amides is 1. The molecule has 0 radical (unpaired) electrons. The highest BCUT2D eigenvalue weighted by Gasteiger charge is 2.61. The third-order valence-electron chi connectivity index (χ3n) is 8.28. The maximum Gasteiger partial charge on any atom is 0.314 e. The summed E-state index contributed by atoms with van der Waals surface area (Å²) in [6.45, 7) is 1.14. The fraction of sp³-hybridized carbons (Fsp3) is 0.257. The SMILES string of the molecule is COc1ccc(OCc2ccccc2[C@@H]2C(=O)OCC[C@]23C(=O)N(C)c2cccc(COCc4ccccc4)c23)cc1. The number of cyclic esters (lactones) is 1. The lowest BCUT2D eigenvalue weighted by atomic mass is 9.63. The van der Waals surface area contributed by atoms with Gasteiger partial charge in [-0.2, -0.15) is 0 Å². The van der Waals surface area contributed by atoms with Crippen LogP contribution in [0, 0.1) is 0 Å². The number of methoxy groups -OCH3 is 1. The van der Waals surface area contributed by atoms with Crippen LogP contribution < -0.4 is 14.4 Å². The number of carbonyl (C=O) groups excluding carboxylic acids is 2. The van der Waals surface area contributed by atoms with Crippen molar-refractivity contribution in [2.24, 2.45) is 0 Å². The Morgan fingerprint density at radius 3 is 2.31 bits per heavy atom. The molecule has 1 spiro atoms. The van der Waals surface area contributed by atoms with Crippen LogP contribution in [0.4, 0.5) is 5.69 Å². The average Bonchev–Trinajstić information content (AvgIpc) is 3.24. The number of likely N-dealkylation sites (N-methyl/N-ethyl adjacent to an activating group) is 1. The fourth-order valence-corrected chi connectivity index (χ4v) is 6.28. The molecule has 2 aliphatic rings. The van der Waals surface area contributed by atoms with Gasteiger partial charge in [-0.25, -0.2) is 0 Å². The summed E-state index contributed by atoms with van der Waals surface area (Å²) in [5, 5.41) is 0. The van der Waals surface area contributed by atoms with Crippen LogP contribution in [-0.2, 0) is 44.3 Å². The van der Waals surface area contributed by atoms with Gasteiger partial charge < -0.3 is 23.8 Å². The van der Waals surface area contributed by atoms with Gasteiger partial charge in [-0.3, -0.25) is 9.59 Å². The summed E-state index contributed by atoms with van der Waals surface area (Å²) in [5.74, 6) is 0.0498. The summed E-state index contributed by atoms with van der Waals surface area (Å²) >= 11 is 0. The Bertz CT molecular complexity index is 1590. The second kappa shape index (κ2) is 11.7. The van der Waals surface area contributed by atoms with Crippen molar-refractivity contribution < 1.29 is 28.5 Å². The predicted octanol–water partition coefficient (Wildman–Crippen LogP) is 5.94. The molecule has 2 atom stereocenters. The molecule has 0 aliphatic carbocycles. The van der Waals surface area contributed by atoms with Crippen LogP contribution in [0.25, 0.3) is 0 Å². The third-order valence-corrected chi connectivity index (χ3v) is 8.28. The number of hydrogen-bond acceptors (Lipinski definition) is 6. The lowest BCUT2D eigenvalue weighted by Crippen LogP contribution is -2.51. The molecule has 2 aliphatic heterocycles. The van der Waals surface area contributed by atoms with Crippen molar-refractivity contribution in [3.63, 3.8) is 0 Å². The van der Waals surface area contributed by atoms with E-state index in [1.165, 1.54) is 0 Å². The zero-order valence-electron chi connectivity index (χ0n) is 23.7. The Balaban J connectivity index is 1.37. The predicted molar refractivity (Wildman–Crippen MR) is 159 cm³/mol. The minimum absolute atomic E-state index is 0.111. The number of fused-ring (bicyclic) bond motifs is 2. The first-order valence-corrected chi connectivity index (χ1v) is 14.1. The monoisotopic (exact) mass is 563 g/mol. The van der Waals surface area contributed by atoms with Gasteiger partial charge in [0, 0.05) is 19.2 Å². The minimum Gasteiger partial charge on any atom is -0.497 e. The highest BCUT2D eigenvalue weighted by atomic mass is 16.5. The molecular weight excluding hydrogens is 530 g/mol. The molecule has 1 saturated heterocycles. The van der Waals surface area contributed by atoms with Gasteiger partial charge in [-0.1, -0.05) is 66.7 Å². The Kier molecular flexibility index (Phi) is 7.68. The topological polar surface area (TPSA) is 74.3 Å². The van der Waals surface area contributed by atoms with Gasteiger partial charge >= 0.3 is 5.97 Å². The number of nitrogens with zero attached hydrogens (tertiary/aromatic N) is 1. The molecule has 0 aromatic heterocycles. The maximum atomic E-state index is 14.3. The molecule has 7 nitrogen and oxygen atoms in total. The van der Waals surface area contributed by atoms with Crippen LogP contribution in [-0.4, -0.2) is 32.6 Å². The normalized spacial score (nSPS) is 19.5. The molecule has 1 fully saturated rings. The van der Waals surface area contributed by atoms with Crippen LogP contribution in [0.5, 0.6) is 11.5 Å². The van der Waals surface area contributed by atoms with Crippen LogP contribution in [0.1, 0.15) is 40.2 Å². The summed E-state index contributed by atoms with van der Waals surface area (Å²) < 4.78 is 23.2. The number of hydrogen-bond donors (Lipinski definition) is 0. The molecule has 4 aromatic carbocycles. The molecule has 0 N–H and O–H groups in total. The van der Waals surface area contributed by atoms with E-state index in [-0.39, 0.29) is 19.1 Å². The Morgan fingerprint density at radius 1 is 0.810 bits per heavy atom. The summed E-state index contributed by atoms with van der Waals surface area (Å²) in [7, 11) is 3.39. The first-order chi connectivity index (χ1) is 20.5. The smallest absolute Gasteiger partial charge is 0.314 e. The van der Waals surface area contributed by atoms with Gasteiger partial charge in [0.1, 0.15) is 24.0 Å². The lowest BCUT2D eigenvalue weighted by Gasteiger charge is -2.40. The molecule has 4 aromatic rings. The zero-order valence-corrected chi connectivity index (χ0v) is 23.7. The fourth-order valence-electron chi connectivity index (χ4n) is 6.28.